The smallest absolute Gasteiger partial charge is 0 e. The fourth-order valence-electron chi connectivity index (χ4n) is 0. The zero-order valence-corrected chi connectivity index (χ0v) is 10.2. The Hall–Kier alpha value is 3.28. The van der Waals surface area contributed by atoms with Crippen LogP contribution in [0.2, 0.25) is 0 Å². The van der Waals surface area contributed by atoms with E-state index < -0.39 is 0 Å². The van der Waals surface area contributed by atoms with E-state index in [2.05, 4.69) is 0 Å². The Morgan fingerprint density at radius 3 is 1.00 bits per heavy atom. The maximum Gasteiger partial charge on any atom is 0 e. The SMILES string of the molecule is [Ag].[Al].[Ni].[Sn].[Ti]. The van der Waals surface area contributed by atoms with Crippen molar-refractivity contribution >= 4 is 41.3 Å². The molecule has 0 fully saturated rings. The molecule has 0 aromatic carbocycles. The van der Waals surface area contributed by atoms with E-state index in [0.29, 0.717) is 0 Å². The van der Waals surface area contributed by atoms with Gasteiger partial charge in [0.1, 0.15) is 0 Å². The molecule has 0 spiro atoms. The summed E-state index contributed by atoms with van der Waals surface area (Å²) in [4.78, 5) is 0. The van der Waals surface area contributed by atoms with Crippen molar-refractivity contribution in [3.8, 4) is 0 Å². The van der Waals surface area contributed by atoms with Crippen molar-refractivity contribution in [3.05, 3.63) is 0 Å². The normalized spacial score (nSPS) is 0. The van der Waals surface area contributed by atoms with E-state index in [1.165, 1.54) is 0 Å². The molecule has 0 N–H and O–H groups in total. The van der Waals surface area contributed by atoms with Crippen molar-refractivity contribution in [1.82, 2.24) is 0 Å². The molecule has 5 heteroatoms. The van der Waals surface area contributed by atoms with Crippen LogP contribution in [0.1, 0.15) is 0 Å². The molecule has 0 aliphatic rings. The molecular formula is AgAlNiSnTi. The maximum atomic E-state index is 0. The summed E-state index contributed by atoms with van der Waals surface area (Å²) >= 11 is 0. The second-order valence-electron chi connectivity index (χ2n) is 0. The molecule has 0 aromatic heterocycles. The fraction of sp³-hybridized carbons (Fsp3) is 0. The maximum absolute atomic E-state index is 0. The molecule has 0 rings (SSSR count). The molecule has 32 valence electrons. The second-order valence-corrected chi connectivity index (χ2v) is 0. The van der Waals surface area contributed by atoms with E-state index in [9.17, 15) is 0 Å². The molecule has 8 radical (unpaired) electrons. The molecule has 0 unspecified atom stereocenters. The summed E-state index contributed by atoms with van der Waals surface area (Å²) < 4.78 is 0. The third-order valence-corrected chi connectivity index (χ3v) is 0. The first-order valence-electron chi connectivity index (χ1n) is 0. The van der Waals surface area contributed by atoms with Crippen LogP contribution in [-0.2, 0) is 60.6 Å². The standard InChI is InChI=1S/Ag.Al.Ni.Sn.Ti. The van der Waals surface area contributed by atoms with Gasteiger partial charge in [-0.15, -0.1) is 0 Å². The minimum Gasteiger partial charge on any atom is 0 e. The molecule has 0 aliphatic heterocycles. The fourth-order valence-corrected chi connectivity index (χ4v) is 0. The van der Waals surface area contributed by atoms with Crippen LogP contribution >= 0.6 is 0 Å². The Kier molecular flexibility index (Phi) is 218. The van der Waals surface area contributed by atoms with Crippen molar-refractivity contribution in [2.75, 3.05) is 0 Å². The summed E-state index contributed by atoms with van der Waals surface area (Å²) in [5.41, 5.74) is 0. The Morgan fingerprint density at radius 2 is 1.00 bits per heavy atom. The Bertz CT molecular complexity index is 11.6. The summed E-state index contributed by atoms with van der Waals surface area (Å²) in [5.74, 6) is 0. The summed E-state index contributed by atoms with van der Waals surface area (Å²) in [6, 6.07) is 0. The Labute approximate surface area is 100 Å². The van der Waals surface area contributed by atoms with Gasteiger partial charge in [0.15, 0.2) is 0 Å². The van der Waals surface area contributed by atoms with Gasteiger partial charge in [0.25, 0.3) is 0 Å². The van der Waals surface area contributed by atoms with Crippen molar-refractivity contribution in [1.29, 1.82) is 0 Å². The Balaban J connectivity index is 0. The summed E-state index contributed by atoms with van der Waals surface area (Å²) in [5, 5.41) is 0. The van der Waals surface area contributed by atoms with Gasteiger partial charge < -0.3 is 0 Å². The van der Waals surface area contributed by atoms with E-state index in [1.54, 1.807) is 0 Å². The second kappa shape index (κ2) is 26.7. The van der Waals surface area contributed by atoms with Crippen LogP contribution in [0, 0.1) is 0 Å². The third kappa shape index (κ3) is 18.9. The average Bonchev–Trinajstić information content (AvgIpc) is 0. The first-order chi connectivity index (χ1) is 0. The predicted molar refractivity (Wildman–Crippen MR) is 11.5 cm³/mol. The van der Waals surface area contributed by atoms with Crippen LogP contribution < -0.4 is 0 Å². The molecule has 0 aliphatic carbocycles. The van der Waals surface area contributed by atoms with Crippen LogP contribution in [0.4, 0.5) is 0 Å². The zero-order valence-electron chi connectivity index (χ0n) is 2.20. The van der Waals surface area contributed by atoms with Crippen LogP contribution in [0.15, 0.2) is 0 Å². The van der Waals surface area contributed by atoms with Crippen LogP contribution in [0.5, 0.6) is 0 Å². The van der Waals surface area contributed by atoms with E-state index >= 15 is 0 Å². The molecule has 0 saturated heterocycles. The van der Waals surface area contributed by atoms with Gasteiger partial charge in [0.2, 0.25) is 0 Å². The van der Waals surface area contributed by atoms with E-state index in [-0.39, 0.29) is 102 Å². The van der Waals surface area contributed by atoms with Gasteiger partial charge in [0.05, 0.1) is 0 Å². The topological polar surface area (TPSA) is 0 Å². The van der Waals surface area contributed by atoms with Crippen LogP contribution in [0.3, 0.4) is 0 Å². The Morgan fingerprint density at radius 1 is 1.00 bits per heavy atom. The third-order valence-electron chi connectivity index (χ3n) is 0. The van der Waals surface area contributed by atoms with Gasteiger partial charge in [-0.25, -0.2) is 0 Å². The monoisotopic (exact) mass is 360 g/mol. The quantitative estimate of drug-likeness (QED) is 0.498. The van der Waals surface area contributed by atoms with Crippen LogP contribution in [-0.4, -0.2) is 41.3 Å². The van der Waals surface area contributed by atoms with Gasteiger partial charge in [-0.05, 0) is 0 Å². The molecule has 0 atom stereocenters. The average molecular weight is 360 g/mol. The van der Waals surface area contributed by atoms with E-state index in [0.717, 1.165) is 0 Å². The molecule has 0 amide bonds. The summed E-state index contributed by atoms with van der Waals surface area (Å²) in [6.07, 6.45) is 0. The summed E-state index contributed by atoms with van der Waals surface area (Å²) in [7, 11) is 0. The molecular weight excluding hydrogens is 360 g/mol. The van der Waals surface area contributed by atoms with Gasteiger partial charge in [-0.3, -0.25) is 0 Å². The first kappa shape index (κ1) is 40.8. The van der Waals surface area contributed by atoms with E-state index in [1.807, 2.05) is 0 Å². The number of hydrogen-bond donors (Lipinski definition) is 0. The molecule has 0 nitrogen and oxygen atoms in total. The number of hydrogen-bond acceptors (Lipinski definition) is 0. The molecule has 0 saturated carbocycles. The minimum absolute atomic E-state index is 0. The van der Waals surface area contributed by atoms with E-state index in [4.69, 9.17) is 0 Å². The first-order valence-corrected chi connectivity index (χ1v) is 0. The largest absolute Gasteiger partial charge is 0 e. The molecule has 0 heterocycles. The van der Waals surface area contributed by atoms with Crippen molar-refractivity contribution < 1.29 is 60.6 Å². The predicted octanol–water partition coefficient (Wildman–Crippen LogP) is -0.769. The molecule has 5 heavy (non-hydrogen) atoms. The van der Waals surface area contributed by atoms with Crippen molar-refractivity contribution in [2.24, 2.45) is 0 Å². The van der Waals surface area contributed by atoms with Gasteiger partial charge in [-0.2, -0.15) is 0 Å². The zero-order chi connectivity index (χ0) is 0. The van der Waals surface area contributed by atoms with Gasteiger partial charge >= 0.3 is 0 Å². The van der Waals surface area contributed by atoms with Crippen molar-refractivity contribution in [2.45, 2.75) is 0 Å². The van der Waals surface area contributed by atoms with Gasteiger partial charge in [0, 0.05) is 102 Å². The van der Waals surface area contributed by atoms with Crippen molar-refractivity contribution in [3.63, 3.8) is 0 Å². The minimum atomic E-state index is 0. The number of rotatable bonds is 0. The van der Waals surface area contributed by atoms with Crippen LogP contribution in [0.25, 0.3) is 0 Å². The van der Waals surface area contributed by atoms with Gasteiger partial charge in [-0.1, -0.05) is 0 Å². The molecule has 0 bridgehead atoms. The molecule has 0 aromatic rings. The summed E-state index contributed by atoms with van der Waals surface area (Å²) in [6.45, 7) is 0.